The Balaban J connectivity index is 1.69. The zero-order chi connectivity index (χ0) is 23.1. The molecule has 11 heteroatoms. The molecule has 1 N–H and O–H groups in total. The summed E-state index contributed by atoms with van der Waals surface area (Å²) in [6, 6.07) is 4.97. The van der Waals surface area contributed by atoms with E-state index < -0.39 is 34.1 Å². The topological polar surface area (TPSA) is 93.5 Å². The van der Waals surface area contributed by atoms with Gasteiger partial charge in [0.25, 0.3) is 5.91 Å². The maximum Gasteiger partial charge on any atom is 0.416 e. The standard InChI is InChI=1S/C21H25F3N4O3S/c22-21(23,24)15-3-4-17(28(32(30)31)27-11-1-2-12-27)16(13-15)18(29)26-20-8-5-19(14-25,6-9-20)7-10-20/h3-4,13,32H,1-2,5-12H2,(H,26,29). The highest BCUT2D eigenvalue weighted by molar-refractivity contribution is 7.73. The van der Waals surface area contributed by atoms with Crippen LogP contribution in [0.1, 0.15) is 67.3 Å². The first-order valence-corrected chi connectivity index (χ1v) is 11.9. The second-order valence-corrected chi connectivity index (χ2v) is 9.90. The molecule has 5 rings (SSSR count). The summed E-state index contributed by atoms with van der Waals surface area (Å²) in [7, 11) is -3.21. The van der Waals surface area contributed by atoms with Crippen LogP contribution >= 0.6 is 0 Å². The van der Waals surface area contributed by atoms with E-state index in [0.717, 1.165) is 35.5 Å². The fourth-order valence-corrected chi connectivity index (χ4v) is 5.89. The van der Waals surface area contributed by atoms with Gasteiger partial charge in [-0.1, -0.05) is 0 Å². The monoisotopic (exact) mass is 470 g/mol. The number of nitrogens with zero attached hydrogens (tertiary/aromatic N) is 3. The van der Waals surface area contributed by atoms with E-state index in [4.69, 9.17) is 0 Å². The molecule has 0 radical (unpaired) electrons. The largest absolute Gasteiger partial charge is 0.416 e. The number of alkyl halides is 3. The Kier molecular flexibility index (Phi) is 5.88. The van der Waals surface area contributed by atoms with Crippen molar-refractivity contribution < 1.29 is 26.4 Å². The van der Waals surface area contributed by atoms with Crippen molar-refractivity contribution in [1.29, 1.82) is 5.26 Å². The van der Waals surface area contributed by atoms with E-state index in [1.165, 1.54) is 5.01 Å². The van der Waals surface area contributed by atoms with E-state index in [0.29, 0.717) is 51.6 Å². The summed E-state index contributed by atoms with van der Waals surface area (Å²) in [4.78, 5) is 13.3. The molecule has 0 aromatic heterocycles. The number of anilines is 1. The zero-order valence-electron chi connectivity index (χ0n) is 17.5. The van der Waals surface area contributed by atoms with Crippen molar-refractivity contribution in [3.05, 3.63) is 29.3 Å². The maximum atomic E-state index is 13.4. The predicted octanol–water partition coefficient (Wildman–Crippen LogP) is 3.40. The lowest BCUT2D eigenvalue weighted by Gasteiger charge is -2.50. The predicted molar refractivity (Wildman–Crippen MR) is 111 cm³/mol. The second-order valence-electron chi connectivity index (χ2n) is 9.04. The summed E-state index contributed by atoms with van der Waals surface area (Å²) in [5, 5.41) is 13.9. The molecule has 4 fully saturated rings. The number of carbonyl (C=O) groups excluding carboxylic acids is 1. The van der Waals surface area contributed by atoms with Gasteiger partial charge < -0.3 is 5.32 Å². The molecule has 1 amide bonds. The Labute approximate surface area is 186 Å². The van der Waals surface area contributed by atoms with E-state index in [1.54, 1.807) is 0 Å². The Bertz CT molecular complexity index is 996. The van der Waals surface area contributed by atoms with Crippen molar-refractivity contribution in [2.75, 3.05) is 17.5 Å². The van der Waals surface area contributed by atoms with E-state index in [9.17, 15) is 31.6 Å². The quantitative estimate of drug-likeness (QED) is 0.644. The number of carbonyl (C=O) groups is 1. The fourth-order valence-electron chi connectivity index (χ4n) is 5.15. The number of fused-ring (bicyclic) bond motifs is 3. The number of thiol groups is 1. The maximum absolute atomic E-state index is 13.4. The minimum Gasteiger partial charge on any atom is -0.347 e. The van der Waals surface area contributed by atoms with Crippen LogP contribution in [0.25, 0.3) is 0 Å². The van der Waals surface area contributed by atoms with Crippen molar-refractivity contribution in [2.45, 2.75) is 63.1 Å². The van der Waals surface area contributed by atoms with Crippen molar-refractivity contribution >= 4 is 22.5 Å². The number of nitrogens with one attached hydrogen (secondary N) is 1. The van der Waals surface area contributed by atoms with Gasteiger partial charge in [0.05, 0.1) is 28.3 Å². The highest BCUT2D eigenvalue weighted by Gasteiger charge is 2.50. The fraction of sp³-hybridized carbons (Fsp3) is 0.619. The first-order chi connectivity index (χ1) is 15.1. The van der Waals surface area contributed by atoms with E-state index >= 15 is 0 Å². The van der Waals surface area contributed by atoms with Crippen molar-refractivity contribution in [3.8, 4) is 6.07 Å². The molecule has 32 heavy (non-hydrogen) atoms. The summed E-state index contributed by atoms with van der Waals surface area (Å²) < 4.78 is 65.3. The van der Waals surface area contributed by atoms with Gasteiger partial charge in [0.2, 0.25) is 10.9 Å². The van der Waals surface area contributed by atoms with Gasteiger partial charge in [0.15, 0.2) is 0 Å². The van der Waals surface area contributed by atoms with Crippen molar-refractivity contribution in [2.24, 2.45) is 5.41 Å². The van der Waals surface area contributed by atoms with Crippen LogP contribution < -0.4 is 9.73 Å². The highest BCUT2D eigenvalue weighted by atomic mass is 32.2. The molecule has 2 bridgehead atoms. The first kappa shape index (κ1) is 22.9. The van der Waals surface area contributed by atoms with Crippen LogP contribution in [0.15, 0.2) is 18.2 Å². The smallest absolute Gasteiger partial charge is 0.347 e. The number of hydrogen-bond acceptors (Lipinski definition) is 5. The van der Waals surface area contributed by atoms with E-state index in [2.05, 4.69) is 11.4 Å². The molecule has 0 atom stereocenters. The molecule has 3 saturated carbocycles. The van der Waals surface area contributed by atoms with Crippen LogP contribution in [0.3, 0.4) is 0 Å². The number of amides is 1. The van der Waals surface area contributed by atoms with E-state index in [1.807, 2.05) is 0 Å². The molecule has 174 valence electrons. The number of hydrogen-bond donors (Lipinski definition) is 2. The molecular formula is C21H25F3N4O3S. The van der Waals surface area contributed by atoms with Crippen LogP contribution in [-0.4, -0.2) is 38.0 Å². The van der Waals surface area contributed by atoms with Gasteiger partial charge in [0.1, 0.15) is 0 Å². The summed E-state index contributed by atoms with van der Waals surface area (Å²) in [5.74, 6) is -0.724. The summed E-state index contributed by atoms with van der Waals surface area (Å²) in [6.07, 6.45) is 0.455. The Morgan fingerprint density at radius 3 is 2.19 bits per heavy atom. The molecule has 4 aliphatic rings. The molecular weight excluding hydrogens is 445 g/mol. The molecule has 1 aliphatic heterocycles. The van der Waals surface area contributed by atoms with Gasteiger partial charge >= 0.3 is 6.18 Å². The van der Waals surface area contributed by atoms with Gasteiger partial charge in [-0.2, -0.15) is 18.4 Å². The van der Waals surface area contributed by atoms with Crippen molar-refractivity contribution in [3.63, 3.8) is 0 Å². The summed E-state index contributed by atoms with van der Waals surface area (Å²) in [6.45, 7) is 0.872. The molecule has 0 spiro atoms. The Morgan fingerprint density at radius 1 is 1.09 bits per heavy atom. The lowest BCUT2D eigenvalue weighted by atomic mass is 9.58. The summed E-state index contributed by atoms with van der Waals surface area (Å²) in [5.41, 5.74) is -2.37. The van der Waals surface area contributed by atoms with E-state index in [-0.39, 0.29) is 16.7 Å². The van der Waals surface area contributed by atoms with Crippen LogP contribution in [0.2, 0.25) is 0 Å². The molecule has 1 saturated heterocycles. The normalized spacial score (nSPS) is 28.0. The Morgan fingerprint density at radius 2 is 1.69 bits per heavy atom. The molecule has 0 unspecified atom stereocenters. The van der Waals surface area contributed by atoms with Crippen LogP contribution in [0, 0.1) is 16.7 Å². The van der Waals surface area contributed by atoms with Gasteiger partial charge in [-0.15, -0.1) is 0 Å². The first-order valence-electron chi connectivity index (χ1n) is 10.7. The molecule has 3 aliphatic carbocycles. The van der Waals surface area contributed by atoms with Crippen LogP contribution in [0.4, 0.5) is 18.9 Å². The second kappa shape index (κ2) is 8.23. The average Bonchev–Trinajstić information content (AvgIpc) is 3.28. The SMILES string of the molecule is N#CC12CCC(NC(=O)c3cc(C(F)(F)F)ccc3N(N3CCCC3)[SH](=O)=O)(CC1)CC2. The van der Waals surface area contributed by atoms with Crippen LogP contribution in [0.5, 0.6) is 0 Å². The summed E-state index contributed by atoms with van der Waals surface area (Å²) >= 11 is 0. The van der Waals surface area contributed by atoms with Gasteiger partial charge in [0, 0.05) is 18.6 Å². The molecule has 7 nitrogen and oxygen atoms in total. The third kappa shape index (κ3) is 4.18. The van der Waals surface area contributed by atoms with Gasteiger partial charge in [-0.25, -0.2) is 17.8 Å². The third-order valence-electron chi connectivity index (χ3n) is 7.15. The van der Waals surface area contributed by atoms with Crippen molar-refractivity contribution in [1.82, 2.24) is 10.3 Å². The Hall–Kier alpha value is -2.32. The lowest BCUT2D eigenvalue weighted by Crippen LogP contribution is -2.56. The van der Waals surface area contributed by atoms with Gasteiger partial charge in [-0.3, -0.25) is 4.79 Å². The number of nitriles is 1. The number of benzene rings is 1. The minimum atomic E-state index is -4.67. The molecule has 1 heterocycles. The number of hydrazine groups is 1. The average molecular weight is 471 g/mol. The van der Waals surface area contributed by atoms with Gasteiger partial charge in [-0.05, 0) is 69.6 Å². The minimum absolute atomic E-state index is 0.0806. The van der Waals surface area contributed by atoms with Crippen LogP contribution in [-0.2, 0) is 17.1 Å². The number of halogens is 3. The zero-order valence-corrected chi connectivity index (χ0v) is 18.3. The highest BCUT2D eigenvalue weighted by Crippen LogP contribution is 2.52. The third-order valence-corrected chi connectivity index (χ3v) is 7.93. The number of rotatable bonds is 5. The molecule has 1 aromatic carbocycles. The lowest BCUT2D eigenvalue weighted by molar-refractivity contribution is -0.137. The molecule has 1 aromatic rings.